The van der Waals surface area contributed by atoms with Crippen molar-refractivity contribution in [3.8, 4) is 5.75 Å². The minimum atomic E-state index is 0.654. The Morgan fingerprint density at radius 2 is 2.07 bits per heavy atom. The molecule has 1 rings (SSSR count). The molecule has 0 saturated carbocycles. The van der Waals surface area contributed by atoms with Gasteiger partial charge in [-0.1, -0.05) is 13.3 Å². The maximum Gasteiger partial charge on any atom is 0.132 e. The first kappa shape index (κ1) is 11.5. The fourth-order valence-corrected chi connectivity index (χ4v) is 1.82. The molecule has 2 nitrogen and oxygen atoms in total. The molecular weight excluding hydrogens is 196 g/mol. The third-order valence-electron chi connectivity index (χ3n) is 1.94. The Morgan fingerprint density at radius 1 is 1.21 bits per heavy atom. The van der Waals surface area contributed by atoms with E-state index in [2.05, 4.69) is 19.2 Å². The number of thiophene rings is 1. The van der Waals surface area contributed by atoms with Crippen molar-refractivity contribution in [2.24, 2.45) is 0 Å². The van der Waals surface area contributed by atoms with Crippen LogP contribution in [0.2, 0.25) is 0 Å². The van der Waals surface area contributed by atoms with Crippen molar-refractivity contribution in [3.05, 3.63) is 16.3 Å². The third kappa shape index (κ3) is 4.11. The molecule has 0 aliphatic heterocycles. The molecule has 0 aromatic carbocycles. The van der Waals surface area contributed by atoms with E-state index < -0.39 is 0 Å². The van der Waals surface area contributed by atoms with Crippen molar-refractivity contribution in [2.45, 2.75) is 26.7 Å². The SMILES string of the molecule is CCCCOCCOc1cscc1C. The van der Waals surface area contributed by atoms with E-state index in [0.29, 0.717) is 13.2 Å². The molecule has 0 bridgehead atoms. The minimum Gasteiger partial charge on any atom is -0.490 e. The van der Waals surface area contributed by atoms with Crippen LogP contribution in [0.5, 0.6) is 5.75 Å². The van der Waals surface area contributed by atoms with Crippen LogP contribution in [0, 0.1) is 6.92 Å². The van der Waals surface area contributed by atoms with Gasteiger partial charge < -0.3 is 9.47 Å². The van der Waals surface area contributed by atoms with Gasteiger partial charge in [0.2, 0.25) is 0 Å². The summed E-state index contributed by atoms with van der Waals surface area (Å²) in [6.45, 7) is 6.41. The summed E-state index contributed by atoms with van der Waals surface area (Å²) in [5.74, 6) is 0.995. The molecule has 0 spiro atoms. The fourth-order valence-electron chi connectivity index (χ4n) is 1.06. The van der Waals surface area contributed by atoms with E-state index >= 15 is 0 Å². The van der Waals surface area contributed by atoms with Gasteiger partial charge in [0.1, 0.15) is 12.4 Å². The number of hydrogen-bond acceptors (Lipinski definition) is 3. The van der Waals surface area contributed by atoms with E-state index in [4.69, 9.17) is 9.47 Å². The monoisotopic (exact) mass is 214 g/mol. The van der Waals surface area contributed by atoms with Gasteiger partial charge in [-0.2, -0.15) is 0 Å². The molecule has 1 aromatic heterocycles. The molecule has 0 N–H and O–H groups in total. The van der Waals surface area contributed by atoms with Crippen LogP contribution in [-0.4, -0.2) is 19.8 Å². The van der Waals surface area contributed by atoms with E-state index in [1.165, 1.54) is 12.0 Å². The first-order valence-electron chi connectivity index (χ1n) is 5.08. The molecule has 0 saturated heterocycles. The smallest absolute Gasteiger partial charge is 0.132 e. The predicted molar refractivity (Wildman–Crippen MR) is 60.3 cm³/mol. The lowest BCUT2D eigenvalue weighted by molar-refractivity contribution is 0.0980. The highest BCUT2D eigenvalue weighted by Gasteiger charge is 1.98. The normalized spacial score (nSPS) is 10.4. The zero-order chi connectivity index (χ0) is 10.2. The fraction of sp³-hybridized carbons (Fsp3) is 0.636. The Kier molecular flexibility index (Phi) is 5.64. The van der Waals surface area contributed by atoms with Gasteiger partial charge in [-0.15, -0.1) is 11.3 Å². The molecule has 3 heteroatoms. The second-order valence-electron chi connectivity index (χ2n) is 3.23. The van der Waals surface area contributed by atoms with Crippen molar-refractivity contribution < 1.29 is 9.47 Å². The molecule has 0 aliphatic carbocycles. The number of ether oxygens (including phenoxy) is 2. The van der Waals surface area contributed by atoms with Crippen molar-refractivity contribution in [2.75, 3.05) is 19.8 Å². The van der Waals surface area contributed by atoms with Gasteiger partial charge in [-0.25, -0.2) is 0 Å². The first-order chi connectivity index (χ1) is 6.84. The second-order valence-corrected chi connectivity index (χ2v) is 3.98. The third-order valence-corrected chi connectivity index (χ3v) is 2.78. The largest absolute Gasteiger partial charge is 0.490 e. The number of aryl methyl sites for hydroxylation is 1. The highest BCUT2D eigenvalue weighted by Crippen LogP contribution is 2.21. The van der Waals surface area contributed by atoms with Crippen LogP contribution in [0.4, 0.5) is 0 Å². The van der Waals surface area contributed by atoms with Crippen LogP contribution in [0.1, 0.15) is 25.3 Å². The van der Waals surface area contributed by atoms with Gasteiger partial charge in [0, 0.05) is 17.6 Å². The lowest BCUT2D eigenvalue weighted by Gasteiger charge is -2.05. The Morgan fingerprint density at radius 3 is 2.71 bits per heavy atom. The zero-order valence-corrected chi connectivity index (χ0v) is 9.73. The molecule has 80 valence electrons. The molecule has 0 aliphatic rings. The lowest BCUT2D eigenvalue weighted by atomic mass is 10.4. The van der Waals surface area contributed by atoms with E-state index in [0.717, 1.165) is 18.8 Å². The van der Waals surface area contributed by atoms with Crippen LogP contribution < -0.4 is 4.74 Å². The maximum absolute atomic E-state index is 5.54. The summed E-state index contributed by atoms with van der Waals surface area (Å²) in [5, 5.41) is 4.12. The second kappa shape index (κ2) is 6.85. The van der Waals surface area contributed by atoms with Gasteiger partial charge >= 0.3 is 0 Å². The van der Waals surface area contributed by atoms with Gasteiger partial charge in [0.05, 0.1) is 6.61 Å². The average molecular weight is 214 g/mol. The number of unbranched alkanes of at least 4 members (excludes halogenated alkanes) is 1. The average Bonchev–Trinajstić information content (AvgIpc) is 2.58. The Labute approximate surface area is 89.9 Å². The Hall–Kier alpha value is -0.540. The molecule has 1 heterocycles. The van der Waals surface area contributed by atoms with Crippen molar-refractivity contribution in [3.63, 3.8) is 0 Å². The summed E-state index contributed by atoms with van der Waals surface area (Å²) in [4.78, 5) is 0. The maximum atomic E-state index is 5.54. The summed E-state index contributed by atoms with van der Waals surface area (Å²) >= 11 is 1.67. The van der Waals surface area contributed by atoms with E-state index in [1.807, 2.05) is 5.38 Å². The van der Waals surface area contributed by atoms with Gasteiger partial charge in [-0.3, -0.25) is 0 Å². The molecule has 0 atom stereocenters. The van der Waals surface area contributed by atoms with Crippen molar-refractivity contribution >= 4 is 11.3 Å². The van der Waals surface area contributed by atoms with E-state index in [1.54, 1.807) is 11.3 Å². The molecule has 1 aromatic rings. The summed E-state index contributed by atoms with van der Waals surface area (Å²) in [6.07, 6.45) is 2.32. The van der Waals surface area contributed by atoms with Gasteiger partial charge in [-0.05, 0) is 18.7 Å². The predicted octanol–water partition coefficient (Wildman–Crippen LogP) is 3.25. The number of hydrogen-bond donors (Lipinski definition) is 0. The summed E-state index contributed by atoms with van der Waals surface area (Å²) in [5.41, 5.74) is 1.21. The molecule has 0 fully saturated rings. The Bertz CT molecular complexity index is 245. The van der Waals surface area contributed by atoms with Gasteiger partial charge in [0.25, 0.3) is 0 Å². The first-order valence-corrected chi connectivity index (χ1v) is 6.02. The quantitative estimate of drug-likeness (QED) is 0.649. The standard InChI is InChI=1S/C11H18O2S/c1-3-4-5-12-6-7-13-11-9-14-8-10(11)2/h8-9H,3-7H2,1-2H3. The molecule has 0 unspecified atom stereocenters. The topological polar surface area (TPSA) is 18.5 Å². The van der Waals surface area contributed by atoms with Crippen molar-refractivity contribution in [1.29, 1.82) is 0 Å². The van der Waals surface area contributed by atoms with Crippen LogP contribution in [-0.2, 0) is 4.74 Å². The minimum absolute atomic E-state index is 0.654. The summed E-state index contributed by atoms with van der Waals surface area (Å²) in [6, 6.07) is 0. The summed E-state index contributed by atoms with van der Waals surface area (Å²) in [7, 11) is 0. The molecular formula is C11H18O2S. The van der Waals surface area contributed by atoms with Crippen LogP contribution in [0.25, 0.3) is 0 Å². The zero-order valence-electron chi connectivity index (χ0n) is 8.91. The molecule has 0 radical (unpaired) electrons. The van der Waals surface area contributed by atoms with Crippen LogP contribution >= 0.6 is 11.3 Å². The van der Waals surface area contributed by atoms with Crippen LogP contribution in [0.3, 0.4) is 0 Å². The van der Waals surface area contributed by atoms with E-state index in [-0.39, 0.29) is 0 Å². The van der Waals surface area contributed by atoms with E-state index in [9.17, 15) is 0 Å². The summed E-state index contributed by atoms with van der Waals surface area (Å²) < 4.78 is 10.9. The molecule has 0 amide bonds. The highest BCUT2D eigenvalue weighted by atomic mass is 32.1. The highest BCUT2D eigenvalue weighted by molar-refractivity contribution is 7.08. The van der Waals surface area contributed by atoms with Crippen molar-refractivity contribution in [1.82, 2.24) is 0 Å². The number of rotatable bonds is 7. The van der Waals surface area contributed by atoms with Gasteiger partial charge in [0.15, 0.2) is 0 Å². The Balaban J connectivity index is 2.02. The lowest BCUT2D eigenvalue weighted by Crippen LogP contribution is -2.07. The molecule has 14 heavy (non-hydrogen) atoms. The van der Waals surface area contributed by atoms with Crippen LogP contribution in [0.15, 0.2) is 10.8 Å².